The van der Waals surface area contributed by atoms with Gasteiger partial charge in [-0.25, -0.2) is 21.9 Å². The van der Waals surface area contributed by atoms with Crippen molar-refractivity contribution in [3.8, 4) is 0 Å². The van der Waals surface area contributed by atoms with Crippen LogP contribution in [0.1, 0.15) is 11.1 Å². The topological polar surface area (TPSA) is 81.4 Å². The minimum absolute atomic E-state index is 0.0681. The molecule has 0 saturated heterocycles. The summed E-state index contributed by atoms with van der Waals surface area (Å²) in [6, 6.07) is 4.92. The van der Waals surface area contributed by atoms with E-state index < -0.39 is 23.1 Å². The second kappa shape index (κ2) is 7.63. The maximum absolute atomic E-state index is 12.1. The highest BCUT2D eigenvalue weighted by Gasteiger charge is 2.16. The fraction of sp³-hybridized carbons (Fsp3) is 0.500. The predicted octanol–water partition coefficient (Wildman–Crippen LogP) is 1.01. The highest BCUT2D eigenvalue weighted by atomic mass is 32.2. The van der Waals surface area contributed by atoms with Crippen LogP contribution in [-0.4, -0.2) is 34.6 Å². The summed E-state index contributed by atoms with van der Waals surface area (Å²) in [4.78, 5) is 0.134. The Hall–Kier alpha value is -1.09. The Labute approximate surface area is 117 Å². The monoisotopic (exact) mass is 308 g/mol. The van der Waals surface area contributed by atoms with Crippen molar-refractivity contribution < 1.29 is 21.9 Å². The number of nitrogens with one attached hydrogen (secondary N) is 1. The number of sulfonamides is 1. The molecule has 0 bridgehead atoms. The van der Waals surface area contributed by atoms with E-state index in [4.69, 9.17) is 5.73 Å². The highest BCUT2D eigenvalue weighted by Crippen LogP contribution is 2.16. The third-order valence-corrected chi connectivity index (χ3v) is 4.16. The third kappa shape index (κ3) is 5.12. The van der Waals surface area contributed by atoms with E-state index in [-0.39, 0.29) is 24.6 Å². The first-order valence-corrected chi connectivity index (χ1v) is 7.50. The lowest BCUT2D eigenvalue weighted by atomic mass is 10.1. The summed E-state index contributed by atoms with van der Waals surface area (Å²) in [5.41, 5.74) is 6.76. The molecule has 1 aromatic rings. The maximum atomic E-state index is 12.1. The van der Waals surface area contributed by atoms with Crippen LogP contribution in [0.3, 0.4) is 0 Å². The second-order valence-corrected chi connectivity index (χ2v) is 5.90. The minimum Gasteiger partial charge on any atom is -0.374 e. The van der Waals surface area contributed by atoms with Crippen LogP contribution in [0.2, 0.25) is 0 Å². The smallest absolute Gasteiger partial charge is 0.261 e. The average molecular weight is 308 g/mol. The standard InChI is InChI=1S/C12H18F2N2O3S/c1-9-2-3-10(7-15)6-11(9)20(17,18)16-4-5-19-8-12(13)14/h2-3,6,12,16H,4-5,7-8,15H2,1H3. The maximum Gasteiger partial charge on any atom is 0.261 e. The average Bonchev–Trinajstić information content (AvgIpc) is 2.38. The van der Waals surface area contributed by atoms with Crippen molar-refractivity contribution in [3.05, 3.63) is 29.3 Å². The summed E-state index contributed by atoms with van der Waals surface area (Å²) in [6.07, 6.45) is -2.56. The summed E-state index contributed by atoms with van der Waals surface area (Å²) in [5, 5.41) is 0. The van der Waals surface area contributed by atoms with E-state index >= 15 is 0 Å². The molecule has 0 aliphatic heterocycles. The first kappa shape index (κ1) is 17.0. The van der Waals surface area contributed by atoms with E-state index in [1.165, 1.54) is 6.07 Å². The Morgan fingerprint density at radius 3 is 2.70 bits per heavy atom. The van der Waals surface area contributed by atoms with Gasteiger partial charge in [0, 0.05) is 13.1 Å². The lowest BCUT2D eigenvalue weighted by molar-refractivity contribution is 0.0199. The first-order valence-electron chi connectivity index (χ1n) is 6.02. The van der Waals surface area contributed by atoms with Gasteiger partial charge in [0.05, 0.1) is 11.5 Å². The summed E-state index contributed by atoms with van der Waals surface area (Å²) in [7, 11) is -3.70. The molecule has 0 saturated carbocycles. The first-order chi connectivity index (χ1) is 9.36. The molecule has 5 nitrogen and oxygen atoms in total. The molecule has 20 heavy (non-hydrogen) atoms. The molecular weight excluding hydrogens is 290 g/mol. The quantitative estimate of drug-likeness (QED) is 0.702. The molecule has 0 radical (unpaired) electrons. The number of aryl methyl sites for hydroxylation is 1. The summed E-state index contributed by atoms with van der Waals surface area (Å²) in [5.74, 6) is 0. The predicted molar refractivity (Wildman–Crippen MR) is 71.1 cm³/mol. The van der Waals surface area contributed by atoms with E-state index in [1.807, 2.05) is 0 Å². The van der Waals surface area contributed by atoms with Gasteiger partial charge in [0.2, 0.25) is 10.0 Å². The zero-order valence-corrected chi connectivity index (χ0v) is 11.9. The molecule has 1 aromatic carbocycles. The molecule has 0 heterocycles. The fourth-order valence-electron chi connectivity index (χ4n) is 1.56. The Kier molecular flexibility index (Phi) is 6.47. The van der Waals surface area contributed by atoms with Gasteiger partial charge in [0.1, 0.15) is 6.61 Å². The second-order valence-electron chi connectivity index (χ2n) is 4.17. The Morgan fingerprint density at radius 1 is 1.40 bits per heavy atom. The molecule has 0 amide bonds. The number of benzene rings is 1. The Morgan fingerprint density at radius 2 is 2.10 bits per heavy atom. The van der Waals surface area contributed by atoms with Gasteiger partial charge in [-0.05, 0) is 24.1 Å². The van der Waals surface area contributed by atoms with Crippen LogP contribution < -0.4 is 10.5 Å². The van der Waals surface area contributed by atoms with E-state index in [0.717, 1.165) is 0 Å². The molecule has 0 aliphatic carbocycles. The SMILES string of the molecule is Cc1ccc(CN)cc1S(=O)(=O)NCCOCC(F)F. The molecule has 0 aliphatic rings. The van der Waals surface area contributed by atoms with Gasteiger partial charge in [0.25, 0.3) is 6.43 Å². The zero-order valence-electron chi connectivity index (χ0n) is 11.1. The number of hydrogen-bond donors (Lipinski definition) is 2. The van der Waals surface area contributed by atoms with E-state index in [0.29, 0.717) is 11.1 Å². The molecule has 1 rings (SSSR count). The van der Waals surface area contributed by atoms with Gasteiger partial charge in [-0.2, -0.15) is 0 Å². The van der Waals surface area contributed by atoms with Gasteiger partial charge < -0.3 is 10.5 Å². The molecular formula is C12H18F2N2O3S. The van der Waals surface area contributed by atoms with Crippen molar-refractivity contribution in [2.75, 3.05) is 19.8 Å². The van der Waals surface area contributed by atoms with Crippen LogP contribution in [-0.2, 0) is 21.3 Å². The van der Waals surface area contributed by atoms with Crippen molar-refractivity contribution in [2.45, 2.75) is 24.8 Å². The van der Waals surface area contributed by atoms with Crippen LogP contribution in [0, 0.1) is 6.92 Å². The number of nitrogens with two attached hydrogens (primary N) is 1. The van der Waals surface area contributed by atoms with Crippen LogP contribution in [0.5, 0.6) is 0 Å². The number of rotatable bonds is 8. The number of alkyl halides is 2. The minimum atomic E-state index is -3.70. The summed E-state index contributed by atoms with van der Waals surface area (Å²) in [6.45, 7) is 1.02. The van der Waals surface area contributed by atoms with Crippen LogP contribution in [0.25, 0.3) is 0 Å². The van der Waals surface area contributed by atoms with Crippen molar-refractivity contribution in [1.29, 1.82) is 0 Å². The zero-order chi connectivity index (χ0) is 15.2. The largest absolute Gasteiger partial charge is 0.374 e. The number of hydrogen-bond acceptors (Lipinski definition) is 4. The van der Waals surface area contributed by atoms with Gasteiger partial charge in [0.15, 0.2) is 0 Å². The van der Waals surface area contributed by atoms with Crippen LogP contribution in [0.15, 0.2) is 23.1 Å². The third-order valence-electron chi connectivity index (χ3n) is 2.56. The fourth-order valence-corrected chi connectivity index (χ4v) is 2.87. The molecule has 3 N–H and O–H groups in total. The van der Waals surface area contributed by atoms with Crippen molar-refractivity contribution in [2.24, 2.45) is 5.73 Å². The molecule has 0 atom stereocenters. The van der Waals surface area contributed by atoms with Gasteiger partial charge in [-0.1, -0.05) is 12.1 Å². The van der Waals surface area contributed by atoms with Gasteiger partial charge >= 0.3 is 0 Å². The van der Waals surface area contributed by atoms with Crippen molar-refractivity contribution >= 4 is 10.0 Å². The summed E-state index contributed by atoms with van der Waals surface area (Å²) >= 11 is 0. The lowest BCUT2D eigenvalue weighted by Crippen LogP contribution is -2.28. The highest BCUT2D eigenvalue weighted by molar-refractivity contribution is 7.89. The molecule has 114 valence electrons. The van der Waals surface area contributed by atoms with Crippen LogP contribution >= 0.6 is 0 Å². The molecule has 0 unspecified atom stereocenters. The lowest BCUT2D eigenvalue weighted by Gasteiger charge is -2.11. The number of ether oxygens (including phenoxy) is 1. The van der Waals surface area contributed by atoms with E-state index in [9.17, 15) is 17.2 Å². The van der Waals surface area contributed by atoms with E-state index in [2.05, 4.69) is 9.46 Å². The Balaban J connectivity index is 2.64. The van der Waals surface area contributed by atoms with Crippen LogP contribution in [0.4, 0.5) is 8.78 Å². The molecule has 0 aromatic heterocycles. The van der Waals surface area contributed by atoms with Gasteiger partial charge in [-0.15, -0.1) is 0 Å². The van der Waals surface area contributed by atoms with Crippen molar-refractivity contribution in [1.82, 2.24) is 4.72 Å². The summed E-state index contributed by atoms with van der Waals surface area (Å²) < 4.78 is 54.7. The van der Waals surface area contributed by atoms with Gasteiger partial charge in [-0.3, -0.25) is 0 Å². The van der Waals surface area contributed by atoms with E-state index in [1.54, 1.807) is 19.1 Å². The molecule has 0 fully saturated rings. The van der Waals surface area contributed by atoms with Crippen molar-refractivity contribution in [3.63, 3.8) is 0 Å². The molecule has 0 spiro atoms. The normalized spacial score (nSPS) is 12.1. The molecule has 8 heteroatoms. The Bertz CT molecular complexity index is 536. The number of halogens is 2.